The first-order valence-corrected chi connectivity index (χ1v) is 10.2. The minimum atomic E-state index is 0.399. The standard InChI is InChI=1S/C20H38N2O/c1-4-9-21-10-5-18(6-11-21)16-22-12-7-20(8-13-22)14-19(15-20)23-17(2)3/h17-19H,4-16H2,1-3H3. The zero-order chi connectivity index (χ0) is 16.3. The number of hydrogen-bond acceptors (Lipinski definition) is 3. The highest BCUT2D eigenvalue weighted by molar-refractivity contribution is 4.98. The van der Waals surface area contributed by atoms with Crippen molar-refractivity contribution < 1.29 is 4.74 Å². The van der Waals surface area contributed by atoms with E-state index in [1.54, 1.807) is 0 Å². The second kappa shape index (κ2) is 7.84. The van der Waals surface area contributed by atoms with Crippen molar-refractivity contribution in [1.82, 2.24) is 9.80 Å². The summed E-state index contributed by atoms with van der Waals surface area (Å²) >= 11 is 0. The number of rotatable bonds is 6. The minimum Gasteiger partial charge on any atom is -0.376 e. The van der Waals surface area contributed by atoms with Crippen LogP contribution in [0.4, 0.5) is 0 Å². The average Bonchev–Trinajstić information content (AvgIpc) is 2.49. The van der Waals surface area contributed by atoms with E-state index in [1.807, 2.05) is 0 Å². The van der Waals surface area contributed by atoms with Gasteiger partial charge in [0.15, 0.2) is 0 Å². The molecule has 2 aliphatic heterocycles. The van der Waals surface area contributed by atoms with Crippen LogP contribution in [0.5, 0.6) is 0 Å². The Labute approximate surface area is 143 Å². The van der Waals surface area contributed by atoms with Crippen LogP contribution < -0.4 is 0 Å². The van der Waals surface area contributed by atoms with E-state index >= 15 is 0 Å². The van der Waals surface area contributed by atoms with E-state index in [0.29, 0.717) is 17.6 Å². The Morgan fingerprint density at radius 3 is 2.22 bits per heavy atom. The van der Waals surface area contributed by atoms with E-state index in [9.17, 15) is 0 Å². The third-order valence-corrected chi connectivity index (χ3v) is 6.47. The number of piperidine rings is 2. The van der Waals surface area contributed by atoms with Crippen LogP contribution in [-0.4, -0.2) is 61.3 Å². The predicted molar refractivity (Wildman–Crippen MR) is 96.8 cm³/mol. The van der Waals surface area contributed by atoms with Crippen LogP contribution in [0.15, 0.2) is 0 Å². The van der Waals surface area contributed by atoms with E-state index < -0.39 is 0 Å². The van der Waals surface area contributed by atoms with Crippen molar-refractivity contribution in [2.24, 2.45) is 11.3 Å². The summed E-state index contributed by atoms with van der Waals surface area (Å²) in [6.45, 7) is 14.6. The van der Waals surface area contributed by atoms with Gasteiger partial charge >= 0.3 is 0 Å². The van der Waals surface area contributed by atoms with Gasteiger partial charge in [-0.15, -0.1) is 0 Å². The van der Waals surface area contributed by atoms with Crippen LogP contribution in [0.3, 0.4) is 0 Å². The Kier molecular flexibility index (Phi) is 6.03. The van der Waals surface area contributed by atoms with Crippen molar-refractivity contribution in [2.45, 2.75) is 77.9 Å². The molecule has 0 aromatic rings. The number of likely N-dealkylation sites (tertiary alicyclic amines) is 2. The predicted octanol–water partition coefficient (Wildman–Crippen LogP) is 3.78. The fourth-order valence-electron chi connectivity index (χ4n) is 5.08. The molecule has 3 heteroatoms. The summed E-state index contributed by atoms with van der Waals surface area (Å²) < 4.78 is 5.97. The second-order valence-corrected chi connectivity index (χ2v) is 8.80. The fraction of sp³-hybridized carbons (Fsp3) is 1.00. The summed E-state index contributed by atoms with van der Waals surface area (Å²) in [7, 11) is 0. The van der Waals surface area contributed by atoms with Gasteiger partial charge in [0, 0.05) is 6.54 Å². The maximum absolute atomic E-state index is 5.97. The summed E-state index contributed by atoms with van der Waals surface area (Å²) in [5.41, 5.74) is 0.653. The van der Waals surface area contributed by atoms with Crippen LogP contribution in [0.1, 0.15) is 65.7 Å². The van der Waals surface area contributed by atoms with Gasteiger partial charge in [-0.25, -0.2) is 0 Å². The van der Waals surface area contributed by atoms with E-state index in [4.69, 9.17) is 4.74 Å². The van der Waals surface area contributed by atoms with Gasteiger partial charge in [-0.05, 0) is 103 Å². The van der Waals surface area contributed by atoms with Crippen molar-refractivity contribution in [1.29, 1.82) is 0 Å². The molecule has 0 amide bonds. The molecule has 1 aliphatic carbocycles. The first kappa shape index (κ1) is 17.7. The van der Waals surface area contributed by atoms with Crippen molar-refractivity contribution in [3.63, 3.8) is 0 Å². The largest absolute Gasteiger partial charge is 0.376 e. The molecule has 134 valence electrons. The number of hydrogen-bond donors (Lipinski definition) is 0. The van der Waals surface area contributed by atoms with Crippen LogP contribution in [0, 0.1) is 11.3 Å². The molecule has 1 spiro atoms. The van der Waals surface area contributed by atoms with E-state index in [-0.39, 0.29) is 0 Å². The topological polar surface area (TPSA) is 15.7 Å². The van der Waals surface area contributed by atoms with Gasteiger partial charge in [0.1, 0.15) is 0 Å². The SMILES string of the molecule is CCCN1CCC(CN2CCC3(CC2)CC(OC(C)C)C3)CC1. The molecule has 3 rings (SSSR count). The number of nitrogens with zero attached hydrogens (tertiary/aromatic N) is 2. The molecule has 0 N–H and O–H groups in total. The zero-order valence-electron chi connectivity index (χ0n) is 15.7. The summed E-state index contributed by atoms with van der Waals surface area (Å²) in [5, 5.41) is 0. The van der Waals surface area contributed by atoms with Crippen LogP contribution in [-0.2, 0) is 4.74 Å². The molecule has 0 bridgehead atoms. The van der Waals surface area contributed by atoms with Crippen LogP contribution >= 0.6 is 0 Å². The Morgan fingerprint density at radius 2 is 1.65 bits per heavy atom. The lowest BCUT2D eigenvalue weighted by Gasteiger charge is -2.52. The second-order valence-electron chi connectivity index (χ2n) is 8.80. The molecular weight excluding hydrogens is 284 g/mol. The van der Waals surface area contributed by atoms with Gasteiger partial charge in [0.2, 0.25) is 0 Å². The van der Waals surface area contributed by atoms with Gasteiger partial charge in [-0.2, -0.15) is 0 Å². The average molecular weight is 323 g/mol. The molecule has 0 atom stereocenters. The van der Waals surface area contributed by atoms with Crippen molar-refractivity contribution >= 4 is 0 Å². The molecule has 3 nitrogen and oxygen atoms in total. The van der Waals surface area contributed by atoms with Gasteiger partial charge in [-0.3, -0.25) is 0 Å². The normalized spacial score (nSPS) is 27.7. The maximum Gasteiger partial charge on any atom is 0.0589 e. The molecule has 3 fully saturated rings. The molecule has 1 saturated carbocycles. The smallest absolute Gasteiger partial charge is 0.0589 e. The number of ether oxygens (including phenoxy) is 1. The highest BCUT2D eigenvalue weighted by atomic mass is 16.5. The first-order valence-electron chi connectivity index (χ1n) is 10.2. The molecule has 0 radical (unpaired) electrons. The lowest BCUT2D eigenvalue weighted by molar-refractivity contribution is -0.124. The molecule has 0 aromatic carbocycles. The van der Waals surface area contributed by atoms with Gasteiger partial charge < -0.3 is 14.5 Å². The molecule has 2 saturated heterocycles. The molecule has 3 aliphatic rings. The maximum atomic E-state index is 5.97. The van der Waals surface area contributed by atoms with E-state index in [2.05, 4.69) is 30.6 Å². The highest BCUT2D eigenvalue weighted by Gasteiger charge is 2.46. The first-order chi connectivity index (χ1) is 11.1. The molecule has 0 unspecified atom stereocenters. The third-order valence-electron chi connectivity index (χ3n) is 6.47. The molecular formula is C20H38N2O. The summed E-state index contributed by atoms with van der Waals surface area (Å²) in [6, 6.07) is 0. The monoisotopic (exact) mass is 322 g/mol. The van der Waals surface area contributed by atoms with E-state index in [1.165, 1.54) is 84.2 Å². The lowest BCUT2D eigenvalue weighted by Crippen LogP contribution is -2.51. The summed E-state index contributed by atoms with van der Waals surface area (Å²) in [6.07, 6.45) is 10.6. The quantitative estimate of drug-likeness (QED) is 0.740. The molecule has 23 heavy (non-hydrogen) atoms. The lowest BCUT2D eigenvalue weighted by atomic mass is 9.61. The van der Waals surface area contributed by atoms with Crippen LogP contribution in [0.25, 0.3) is 0 Å². The summed E-state index contributed by atoms with van der Waals surface area (Å²) in [4.78, 5) is 5.42. The van der Waals surface area contributed by atoms with E-state index in [0.717, 1.165) is 5.92 Å². The van der Waals surface area contributed by atoms with Gasteiger partial charge in [-0.1, -0.05) is 6.92 Å². The third kappa shape index (κ3) is 4.70. The molecule has 2 heterocycles. The zero-order valence-corrected chi connectivity index (χ0v) is 15.7. The fourth-order valence-corrected chi connectivity index (χ4v) is 5.08. The summed E-state index contributed by atoms with van der Waals surface area (Å²) in [5.74, 6) is 0.954. The Bertz CT molecular complexity index is 347. The van der Waals surface area contributed by atoms with Crippen LogP contribution in [0.2, 0.25) is 0 Å². The Hall–Kier alpha value is -0.120. The Balaban J connectivity index is 1.33. The highest BCUT2D eigenvalue weighted by Crippen LogP contribution is 2.50. The van der Waals surface area contributed by atoms with Gasteiger partial charge in [0.25, 0.3) is 0 Å². The van der Waals surface area contributed by atoms with Crippen molar-refractivity contribution in [2.75, 3.05) is 39.3 Å². The van der Waals surface area contributed by atoms with Crippen molar-refractivity contribution in [3.8, 4) is 0 Å². The minimum absolute atomic E-state index is 0.399. The molecule has 0 aromatic heterocycles. The van der Waals surface area contributed by atoms with Crippen molar-refractivity contribution in [3.05, 3.63) is 0 Å². The van der Waals surface area contributed by atoms with Gasteiger partial charge in [0.05, 0.1) is 12.2 Å². The Morgan fingerprint density at radius 1 is 1.00 bits per heavy atom.